The SMILES string of the molecule is CC(C)CNC(=O)N1CCC[C@H](CC(=O)N[C@H](C)Cn2ccnc2)C1. The van der Waals surface area contributed by atoms with Crippen molar-refractivity contribution in [2.75, 3.05) is 19.6 Å². The number of hydrogen-bond donors (Lipinski definition) is 2. The van der Waals surface area contributed by atoms with E-state index in [2.05, 4.69) is 29.5 Å². The summed E-state index contributed by atoms with van der Waals surface area (Å²) in [6, 6.07) is 0.0445. The Labute approximate surface area is 150 Å². The largest absolute Gasteiger partial charge is 0.352 e. The summed E-state index contributed by atoms with van der Waals surface area (Å²) in [7, 11) is 0. The Balaban J connectivity index is 1.73. The molecule has 1 aromatic heterocycles. The van der Waals surface area contributed by atoms with Gasteiger partial charge in [-0.1, -0.05) is 13.8 Å². The van der Waals surface area contributed by atoms with Gasteiger partial charge in [-0.25, -0.2) is 9.78 Å². The van der Waals surface area contributed by atoms with Gasteiger partial charge in [-0.3, -0.25) is 4.79 Å². The third-order valence-electron chi connectivity index (χ3n) is 4.39. The maximum absolute atomic E-state index is 12.3. The number of carbonyl (C=O) groups is 2. The predicted octanol–water partition coefficient (Wildman–Crippen LogP) is 1.86. The molecule has 0 aliphatic carbocycles. The maximum atomic E-state index is 12.3. The van der Waals surface area contributed by atoms with E-state index in [1.165, 1.54) is 0 Å². The van der Waals surface area contributed by atoms with Gasteiger partial charge in [-0.15, -0.1) is 0 Å². The molecule has 0 radical (unpaired) electrons. The Morgan fingerprint density at radius 3 is 2.80 bits per heavy atom. The number of nitrogens with one attached hydrogen (secondary N) is 2. The van der Waals surface area contributed by atoms with Crippen LogP contribution in [0.15, 0.2) is 18.7 Å². The number of nitrogens with zero attached hydrogens (tertiary/aromatic N) is 3. The number of piperidine rings is 1. The van der Waals surface area contributed by atoms with Gasteiger partial charge in [-0.05, 0) is 31.6 Å². The van der Waals surface area contributed by atoms with Crippen LogP contribution in [0.3, 0.4) is 0 Å². The van der Waals surface area contributed by atoms with Gasteiger partial charge in [0.25, 0.3) is 0 Å². The van der Waals surface area contributed by atoms with Gasteiger partial charge >= 0.3 is 6.03 Å². The minimum Gasteiger partial charge on any atom is -0.352 e. The van der Waals surface area contributed by atoms with Crippen LogP contribution in [0.1, 0.15) is 40.0 Å². The second-order valence-corrected chi connectivity index (χ2v) is 7.47. The maximum Gasteiger partial charge on any atom is 0.317 e. The van der Waals surface area contributed by atoms with Gasteiger partial charge in [0.1, 0.15) is 0 Å². The minimum absolute atomic E-state index is 0.00714. The number of urea groups is 1. The van der Waals surface area contributed by atoms with Crippen LogP contribution in [-0.2, 0) is 11.3 Å². The zero-order chi connectivity index (χ0) is 18.2. The molecule has 0 bridgehead atoms. The Bertz CT molecular complexity index is 544. The molecule has 1 saturated heterocycles. The van der Waals surface area contributed by atoms with Gasteiger partial charge in [-0.2, -0.15) is 0 Å². The summed E-state index contributed by atoms with van der Waals surface area (Å²) in [4.78, 5) is 30.3. The molecule has 25 heavy (non-hydrogen) atoms. The van der Waals surface area contributed by atoms with Crippen LogP contribution in [0, 0.1) is 11.8 Å². The van der Waals surface area contributed by atoms with Crippen molar-refractivity contribution in [2.24, 2.45) is 11.8 Å². The Morgan fingerprint density at radius 2 is 2.12 bits per heavy atom. The van der Waals surface area contributed by atoms with E-state index < -0.39 is 0 Å². The van der Waals surface area contributed by atoms with Gasteiger partial charge in [0.2, 0.25) is 5.91 Å². The van der Waals surface area contributed by atoms with Crippen molar-refractivity contribution in [2.45, 2.75) is 52.6 Å². The predicted molar refractivity (Wildman–Crippen MR) is 97.0 cm³/mol. The van der Waals surface area contributed by atoms with Gasteiger partial charge in [0.05, 0.1) is 6.33 Å². The van der Waals surface area contributed by atoms with Crippen LogP contribution < -0.4 is 10.6 Å². The van der Waals surface area contributed by atoms with Crippen LogP contribution in [0.5, 0.6) is 0 Å². The summed E-state index contributed by atoms with van der Waals surface area (Å²) >= 11 is 0. The molecule has 2 heterocycles. The second kappa shape index (κ2) is 9.44. The standard InChI is InChI=1S/C18H31N5O2/c1-14(2)10-20-18(25)23-7-4-5-16(12-23)9-17(24)21-15(3)11-22-8-6-19-13-22/h6,8,13-16H,4-5,7,9-12H2,1-3H3,(H,20,25)(H,21,24)/t15-,16-/m1/s1. The average Bonchev–Trinajstić information content (AvgIpc) is 3.05. The molecular weight excluding hydrogens is 318 g/mol. The zero-order valence-electron chi connectivity index (χ0n) is 15.6. The fourth-order valence-corrected chi connectivity index (χ4v) is 3.17. The number of aromatic nitrogens is 2. The van der Waals surface area contributed by atoms with E-state index in [4.69, 9.17) is 0 Å². The van der Waals surface area contributed by atoms with E-state index in [0.717, 1.165) is 19.4 Å². The topological polar surface area (TPSA) is 79.3 Å². The quantitative estimate of drug-likeness (QED) is 0.788. The molecule has 2 atom stereocenters. The van der Waals surface area contributed by atoms with Gasteiger partial charge in [0, 0.05) is 51.0 Å². The van der Waals surface area contributed by atoms with Crippen LogP contribution in [0.25, 0.3) is 0 Å². The molecule has 0 saturated carbocycles. The van der Waals surface area contributed by atoms with Crippen LogP contribution in [0.4, 0.5) is 4.79 Å². The molecule has 7 heteroatoms. The summed E-state index contributed by atoms with van der Waals surface area (Å²) in [6.45, 7) is 8.98. The molecule has 0 aromatic carbocycles. The van der Waals surface area contributed by atoms with Crippen molar-refractivity contribution in [1.82, 2.24) is 25.1 Å². The first-order valence-corrected chi connectivity index (χ1v) is 9.22. The van der Waals surface area contributed by atoms with Crippen molar-refractivity contribution in [3.8, 4) is 0 Å². The van der Waals surface area contributed by atoms with Crippen molar-refractivity contribution in [3.63, 3.8) is 0 Å². The highest BCUT2D eigenvalue weighted by molar-refractivity contribution is 5.77. The third-order valence-corrected chi connectivity index (χ3v) is 4.39. The zero-order valence-corrected chi connectivity index (χ0v) is 15.6. The number of likely N-dealkylation sites (tertiary alicyclic amines) is 1. The third kappa shape index (κ3) is 6.76. The lowest BCUT2D eigenvalue weighted by atomic mass is 9.94. The van der Waals surface area contributed by atoms with Crippen molar-refractivity contribution >= 4 is 11.9 Å². The molecule has 7 nitrogen and oxygen atoms in total. The summed E-state index contributed by atoms with van der Waals surface area (Å²) in [5.74, 6) is 0.730. The van der Waals surface area contributed by atoms with Crippen molar-refractivity contribution < 1.29 is 9.59 Å². The molecule has 0 unspecified atom stereocenters. The van der Waals surface area contributed by atoms with Crippen molar-refractivity contribution in [1.29, 1.82) is 0 Å². The first-order chi connectivity index (χ1) is 11.9. The summed E-state index contributed by atoms with van der Waals surface area (Å²) in [6.07, 6.45) is 7.79. The molecule has 140 valence electrons. The monoisotopic (exact) mass is 349 g/mol. The fourth-order valence-electron chi connectivity index (χ4n) is 3.17. The molecule has 2 N–H and O–H groups in total. The Morgan fingerprint density at radius 1 is 1.32 bits per heavy atom. The van der Waals surface area contributed by atoms with E-state index >= 15 is 0 Å². The smallest absolute Gasteiger partial charge is 0.317 e. The highest BCUT2D eigenvalue weighted by Gasteiger charge is 2.25. The molecule has 1 aromatic rings. The first kappa shape index (κ1) is 19.3. The fraction of sp³-hybridized carbons (Fsp3) is 0.722. The number of imidazole rings is 1. The summed E-state index contributed by atoms with van der Waals surface area (Å²) < 4.78 is 1.95. The minimum atomic E-state index is -0.00714. The molecule has 3 amide bonds. The van der Waals surface area contributed by atoms with E-state index in [9.17, 15) is 9.59 Å². The summed E-state index contributed by atoms with van der Waals surface area (Å²) in [5, 5.41) is 6.00. The molecular formula is C18H31N5O2. The molecule has 1 fully saturated rings. The van der Waals surface area contributed by atoms with Gasteiger partial charge < -0.3 is 20.1 Å². The lowest BCUT2D eigenvalue weighted by molar-refractivity contribution is -0.123. The number of carbonyl (C=O) groups excluding carboxylic acids is 2. The number of rotatable bonds is 7. The average molecular weight is 349 g/mol. The normalized spacial score (nSPS) is 18.9. The lowest BCUT2D eigenvalue weighted by Gasteiger charge is -2.33. The molecule has 1 aliphatic heterocycles. The van der Waals surface area contributed by atoms with E-state index in [1.807, 2.05) is 22.6 Å². The Kier molecular flexibility index (Phi) is 7.28. The molecule has 0 spiro atoms. The van der Waals surface area contributed by atoms with Crippen LogP contribution in [0.2, 0.25) is 0 Å². The number of hydrogen-bond acceptors (Lipinski definition) is 3. The number of amides is 3. The van der Waals surface area contributed by atoms with Crippen LogP contribution >= 0.6 is 0 Å². The van der Waals surface area contributed by atoms with E-state index in [-0.39, 0.29) is 23.9 Å². The van der Waals surface area contributed by atoms with Gasteiger partial charge in [0.15, 0.2) is 0 Å². The summed E-state index contributed by atoms with van der Waals surface area (Å²) in [5.41, 5.74) is 0. The van der Waals surface area contributed by atoms with Crippen molar-refractivity contribution in [3.05, 3.63) is 18.7 Å². The Hall–Kier alpha value is -2.05. The van der Waals surface area contributed by atoms with E-state index in [0.29, 0.717) is 32.0 Å². The van der Waals surface area contributed by atoms with Crippen LogP contribution in [-0.4, -0.2) is 52.1 Å². The molecule has 2 rings (SSSR count). The lowest BCUT2D eigenvalue weighted by Crippen LogP contribution is -2.47. The van der Waals surface area contributed by atoms with E-state index in [1.54, 1.807) is 12.5 Å². The molecule has 1 aliphatic rings. The highest BCUT2D eigenvalue weighted by Crippen LogP contribution is 2.19. The second-order valence-electron chi connectivity index (χ2n) is 7.47. The highest BCUT2D eigenvalue weighted by atomic mass is 16.2. The first-order valence-electron chi connectivity index (χ1n) is 9.22.